The van der Waals surface area contributed by atoms with Crippen LogP contribution in [0.1, 0.15) is 17.3 Å². The molecular weight excluding hydrogens is 156 g/mol. The molecule has 0 spiro atoms. The second-order valence-electron chi connectivity index (χ2n) is 2.36. The van der Waals surface area contributed by atoms with Gasteiger partial charge in [0, 0.05) is 12.1 Å². The Morgan fingerprint density at radius 1 is 1.58 bits per heavy atom. The third-order valence-corrected chi connectivity index (χ3v) is 1.47. The van der Waals surface area contributed by atoms with Crippen molar-refractivity contribution < 1.29 is 9.90 Å². The predicted octanol–water partition coefficient (Wildman–Crippen LogP) is 2.08. The molecule has 1 aromatic rings. The summed E-state index contributed by atoms with van der Waals surface area (Å²) in [5.74, 6) is -0.368. The first-order valence-electron chi connectivity index (χ1n) is 3.34. The Balaban J connectivity index is 3.28. The minimum Gasteiger partial charge on any atom is -0.507 e. The topological polar surface area (TPSA) is 65.5 Å². The first kappa shape index (κ1) is 8.21. The minimum atomic E-state index is -0.266. The van der Waals surface area contributed by atoms with Gasteiger partial charge in [-0.25, -0.2) is 0 Å². The molecule has 0 bridgehead atoms. The third kappa shape index (κ3) is 1.40. The van der Waals surface area contributed by atoms with Crippen LogP contribution in [0.3, 0.4) is 0 Å². The van der Waals surface area contributed by atoms with Crippen molar-refractivity contribution in [2.24, 2.45) is 0 Å². The third-order valence-electron chi connectivity index (χ3n) is 1.47. The van der Waals surface area contributed by atoms with Gasteiger partial charge in [-0.15, -0.1) is 0 Å². The molecule has 1 rings (SSSR count). The van der Waals surface area contributed by atoms with Gasteiger partial charge in [0.25, 0.3) is 0 Å². The lowest BCUT2D eigenvalue weighted by Crippen LogP contribution is -1.91. The number of diazo groups is 1. The van der Waals surface area contributed by atoms with Crippen LogP contribution in [0, 0.1) is 5.39 Å². The van der Waals surface area contributed by atoms with Crippen LogP contribution in [-0.4, -0.2) is 10.9 Å². The fourth-order valence-corrected chi connectivity index (χ4v) is 0.868. The molecule has 1 N–H and O–H groups in total. The van der Waals surface area contributed by atoms with Gasteiger partial charge in [0.05, 0.1) is 5.56 Å². The highest BCUT2D eigenvalue weighted by Crippen LogP contribution is 2.23. The zero-order valence-corrected chi connectivity index (χ0v) is 6.48. The van der Waals surface area contributed by atoms with E-state index in [9.17, 15) is 4.79 Å². The summed E-state index contributed by atoms with van der Waals surface area (Å²) in [7, 11) is 0. The fourth-order valence-electron chi connectivity index (χ4n) is 0.868. The maximum Gasteiger partial charge on any atom is 0.386 e. The molecule has 0 aromatic heterocycles. The van der Waals surface area contributed by atoms with Crippen LogP contribution < -0.4 is 0 Å². The summed E-state index contributed by atoms with van der Waals surface area (Å²) in [5, 5.41) is 17.5. The van der Waals surface area contributed by atoms with Crippen LogP contribution in [0.5, 0.6) is 5.75 Å². The van der Waals surface area contributed by atoms with E-state index in [1.807, 2.05) is 0 Å². The van der Waals surface area contributed by atoms with E-state index in [1.54, 1.807) is 0 Å². The van der Waals surface area contributed by atoms with Crippen molar-refractivity contribution in [2.75, 3.05) is 0 Å². The molecule has 0 amide bonds. The van der Waals surface area contributed by atoms with E-state index >= 15 is 0 Å². The summed E-state index contributed by atoms with van der Waals surface area (Å²) in [4.78, 5) is 13.7. The van der Waals surface area contributed by atoms with E-state index in [-0.39, 0.29) is 22.8 Å². The summed E-state index contributed by atoms with van der Waals surface area (Å²) in [6, 6.07) is 4.03. The summed E-state index contributed by atoms with van der Waals surface area (Å²) in [6.45, 7) is 1.33. The number of nitrogens with zero attached hydrogens (tertiary/aromatic N) is 2. The molecule has 4 heteroatoms. The highest BCUT2D eigenvalue weighted by Gasteiger charge is 2.12. The van der Waals surface area contributed by atoms with Crippen LogP contribution in [0.15, 0.2) is 18.2 Å². The van der Waals surface area contributed by atoms with Crippen LogP contribution in [-0.2, 0) is 0 Å². The SMILES string of the molecule is CC(=O)c1cc([N+]#N)ccc1O. The second kappa shape index (κ2) is 3.01. The number of hydrogen-bond donors (Lipinski definition) is 1. The molecule has 0 aliphatic carbocycles. The van der Waals surface area contributed by atoms with Gasteiger partial charge in [-0.2, -0.15) is 0 Å². The van der Waals surface area contributed by atoms with Crippen LogP contribution in [0.2, 0.25) is 0 Å². The van der Waals surface area contributed by atoms with E-state index in [2.05, 4.69) is 4.98 Å². The number of carbonyl (C=O) groups excluding carboxylic acids is 1. The molecule has 0 heterocycles. The van der Waals surface area contributed by atoms with Gasteiger partial charge in [-0.3, -0.25) is 4.79 Å². The standard InChI is InChI=1S/C8H6N2O2/c1-5(11)7-4-6(10-9)2-3-8(7)12/h2-4H,1H3/p+1. The van der Waals surface area contributed by atoms with Crippen molar-refractivity contribution in [2.45, 2.75) is 6.92 Å². The Labute approximate surface area is 69.1 Å². The lowest BCUT2D eigenvalue weighted by molar-refractivity contribution is 0.101. The molecule has 0 aliphatic heterocycles. The normalized spacial score (nSPS) is 9.00. The molecule has 0 fully saturated rings. The maximum atomic E-state index is 10.9. The molecule has 12 heavy (non-hydrogen) atoms. The Hall–Kier alpha value is -1.89. The number of Topliss-reactive ketones (excluding diaryl/α,β-unsaturated/α-hetero) is 1. The first-order valence-corrected chi connectivity index (χ1v) is 3.34. The Morgan fingerprint density at radius 2 is 2.25 bits per heavy atom. The summed E-state index contributed by atoms with van der Waals surface area (Å²) < 4.78 is 0. The number of ketones is 1. The second-order valence-corrected chi connectivity index (χ2v) is 2.36. The lowest BCUT2D eigenvalue weighted by atomic mass is 10.1. The Morgan fingerprint density at radius 3 is 2.75 bits per heavy atom. The van der Waals surface area contributed by atoms with Crippen LogP contribution in [0.25, 0.3) is 4.98 Å². The quantitative estimate of drug-likeness (QED) is 0.509. The first-order chi connectivity index (χ1) is 5.65. The van der Waals surface area contributed by atoms with Crippen molar-refractivity contribution >= 4 is 11.5 Å². The smallest absolute Gasteiger partial charge is 0.386 e. The van der Waals surface area contributed by atoms with Gasteiger partial charge < -0.3 is 5.11 Å². The molecule has 0 atom stereocenters. The number of phenolic OH excluding ortho intramolecular Hbond substituents is 1. The number of benzene rings is 1. The van der Waals surface area contributed by atoms with Crippen molar-refractivity contribution in [3.05, 3.63) is 28.7 Å². The summed E-state index contributed by atoms with van der Waals surface area (Å²) in [5.41, 5.74) is 0.406. The fraction of sp³-hybridized carbons (Fsp3) is 0.125. The molecule has 60 valence electrons. The largest absolute Gasteiger partial charge is 0.507 e. The van der Waals surface area contributed by atoms with Crippen molar-refractivity contribution in [3.8, 4) is 5.75 Å². The minimum absolute atomic E-state index is 0.102. The number of phenols is 1. The predicted molar refractivity (Wildman–Crippen MR) is 42.9 cm³/mol. The highest BCUT2D eigenvalue weighted by molar-refractivity contribution is 5.97. The van der Waals surface area contributed by atoms with Gasteiger partial charge in [-0.05, 0) is 13.0 Å². The molecule has 1 aromatic carbocycles. The zero-order chi connectivity index (χ0) is 9.14. The van der Waals surface area contributed by atoms with E-state index in [1.165, 1.54) is 25.1 Å². The molecular formula is C8H7N2O2+. The Bertz CT molecular complexity index is 366. The molecule has 0 aliphatic rings. The maximum absolute atomic E-state index is 10.9. The van der Waals surface area contributed by atoms with Gasteiger partial charge in [0.1, 0.15) is 5.75 Å². The average molecular weight is 163 g/mol. The van der Waals surface area contributed by atoms with E-state index < -0.39 is 0 Å². The van der Waals surface area contributed by atoms with Gasteiger partial charge in [0.2, 0.25) is 5.39 Å². The Kier molecular flexibility index (Phi) is 2.06. The average Bonchev–Trinajstić information content (AvgIpc) is 2.05. The monoisotopic (exact) mass is 163 g/mol. The number of hydrogen-bond acceptors (Lipinski definition) is 3. The molecule has 0 saturated heterocycles. The summed E-state index contributed by atoms with van der Waals surface area (Å²) in [6.07, 6.45) is 0. The van der Waals surface area contributed by atoms with Crippen molar-refractivity contribution in [1.29, 1.82) is 5.39 Å². The number of aromatic hydroxyl groups is 1. The summed E-state index contributed by atoms with van der Waals surface area (Å²) >= 11 is 0. The van der Waals surface area contributed by atoms with E-state index in [0.29, 0.717) is 0 Å². The van der Waals surface area contributed by atoms with E-state index in [0.717, 1.165) is 0 Å². The van der Waals surface area contributed by atoms with Gasteiger partial charge >= 0.3 is 5.69 Å². The molecule has 0 radical (unpaired) electrons. The van der Waals surface area contributed by atoms with Gasteiger partial charge in [-0.1, -0.05) is 0 Å². The zero-order valence-electron chi connectivity index (χ0n) is 6.48. The van der Waals surface area contributed by atoms with Crippen LogP contribution >= 0.6 is 0 Å². The lowest BCUT2D eigenvalue weighted by Gasteiger charge is -1.95. The highest BCUT2D eigenvalue weighted by atomic mass is 16.3. The number of rotatable bonds is 1. The molecule has 0 saturated carbocycles. The van der Waals surface area contributed by atoms with Crippen LogP contribution in [0.4, 0.5) is 5.69 Å². The molecule has 0 unspecified atom stereocenters. The van der Waals surface area contributed by atoms with Crippen molar-refractivity contribution in [1.82, 2.24) is 0 Å². The molecule has 4 nitrogen and oxygen atoms in total. The van der Waals surface area contributed by atoms with Gasteiger partial charge in [0.15, 0.2) is 10.8 Å². The number of carbonyl (C=O) groups is 1. The van der Waals surface area contributed by atoms with Crippen molar-refractivity contribution in [3.63, 3.8) is 0 Å². The van der Waals surface area contributed by atoms with E-state index in [4.69, 9.17) is 10.5 Å².